The molecule has 0 atom stereocenters. The Morgan fingerprint density at radius 3 is 2.52 bits per heavy atom. The van der Waals surface area contributed by atoms with E-state index in [1.807, 2.05) is 12.1 Å². The fourth-order valence-corrected chi connectivity index (χ4v) is 4.38. The van der Waals surface area contributed by atoms with Crippen LogP contribution in [-0.4, -0.2) is 55.1 Å². The van der Waals surface area contributed by atoms with Crippen LogP contribution in [0.15, 0.2) is 42.5 Å². The zero-order chi connectivity index (χ0) is 19.3. The predicted molar refractivity (Wildman–Crippen MR) is 100.0 cm³/mol. The monoisotopic (exact) mass is 391 g/mol. The number of aromatic nitrogens is 1. The molecule has 9 heteroatoms. The first kappa shape index (κ1) is 19.3. The number of hydrogen-bond acceptors (Lipinski definition) is 6. The molecule has 1 saturated heterocycles. The number of pyridine rings is 1. The number of nitrogens with one attached hydrogen (secondary N) is 1. The van der Waals surface area contributed by atoms with Gasteiger partial charge in [-0.1, -0.05) is 30.3 Å². The number of sulfonamides is 1. The Bertz CT molecular complexity index is 911. The van der Waals surface area contributed by atoms with Crippen molar-refractivity contribution in [2.75, 3.05) is 31.6 Å². The summed E-state index contributed by atoms with van der Waals surface area (Å²) >= 11 is 0. The average molecular weight is 391 g/mol. The zero-order valence-corrected chi connectivity index (χ0v) is 15.5. The van der Waals surface area contributed by atoms with Crippen LogP contribution in [0.5, 0.6) is 0 Å². The number of carboxylic acids is 1. The second kappa shape index (κ2) is 8.47. The van der Waals surface area contributed by atoms with Crippen LogP contribution in [0, 0.1) is 0 Å². The maximum absolute atomic E-state index is 12.7. The molecular formula is C18H21N3O5S. The molecule has 1 aliphatic heterocycles. The van der Waals surface area contributed by atoms with Crippen LogP contribution in [-0.2, 0) is 27.1 Å². The van der Waals surface area contributed by atoms with Crippen LogP contribution in [0.25, 0.3) is 0 Å². The highest BCUT2D eigenvalue weighted by atomic mass is 32.2. The molecule has 2 N–H and O–H groups in total. The summed E-state index contributed by atoms with van der Waals surface area (Å²) in [6.07, 6.45) is 0. The van der Waals surface area contributed by atoms with Crippen LogP contribution in [0.4, 0.5) is 5.82 Å². The molecule has 144 valence electrons. The van der Waals surface area contributed by atoms with Crippen LogP contribution in [0.2, 0.25) is 0 Å². The van der Waals surface area contributed by atoms with Crippen molar-refractivity contribution in [3.8, 4) is 0 Å². The van der Waals surface area contributed by atoms with Gasteiger partial charge in [0.2, 0.25) is 10.0 Å². The number of anilines is 1. The van der Waals surface area contributed by atoms with Gasteiger partial charge in [-0.3, -0.25) is 0 Å². The summed E-state index contributed by atoms with van der Waals surface area (Å²) in [4.78, 5) is 15.0. The predicted octanol–water partition coefficient (Wildman–Crippen LogP) is 1.55. The van der Waals surface area contributed by atoms with Crippen molar-refractivity contribution in [1.82, 2.24) is 9.29 Å². The Labute approximate surface area is 157 Å². The minimum atomic E-state index is -3.43. The van der Waals surface area contributed by atoms with Gasteiger partial charge in [0.15, 0.2) is 5.69 Å². The van der Waals surface area contributed by atoms with Gasteiger partial charge in [-0.15, -0.1) is 0 Å². The molecule has 0 aliphatic carbocycles. The van der Waals surface area contributed by atoms with Crippen LogP contribution < -0.4 is 5.32 Å². The highest BCUT2D eigenvalue weighted by Gasteiger charge is 2.25. The summed E-state index contributed by atoms with van der Waals surface area (Å²) in [5.74, 6) is -0.774. The quantitative estimate of drug-likeness (QED) is 0.737. The molecule has 27 heavy (non-hydrogen) atoms. The fraction of sp³-hybridized carbons (Fsp3) is 0.333. The SMILES string of the molecule is O=C(O)c1cccc(NCc2ccccc2CS(=O)(=O)N2CCOCC2)n1. The second-order valence-electron chi connectivity index (χ2n) is 6.10. The first-order valence-electron chi connectivity index (χ1n) is 8.52. The molecule has 1 aromatic carbocycles. The third-order valence-electron chi connectivity index (χ3n) is 4.25. The molecule has 2 heterocycles. The summed E-state index contributed by atoms with van der Waals surface area (Å²) in [5, 5.41) is 12.1. The first-order valence-corrected chi connectivity index (χ1v) is 10.1. The third kappa shape index (κ3) is 5.03. The summed E-state index contributed by atoms with van der Waals surface area (Å²) < 4.78 is 32.0. The molecule has 0 saturated carbocycles. The molecule has 3 rings (SSSR count). The van der Waals surface area contributed by atoms with E-state index in [0.29, 0.717) is 44.2 Å². The van der Waals surface area contributed by atoms with E-state index >= 15 is 0 Å². The molecule has 0 spiro atoms. The number of carboxylic acid groups (broad SMARTS) is 1. The Balaban J connectivity index is 1.72. The maximum atomic E-state index is 12.7. The fourth-order valence-electron chi connectivity index (χ4n) is 2.82. The summed E-state index contributed by atoms with van der Waals surface area (Å²) in [7, 11) is -3.43. The summed E-state index contributed by atoms with van der Waals surface area (Å²) in [6.45, 7) is 1.90. The van der Waals surface area contributed by atoms with Crippen LogP contribution in [0.3, 0.4) is 0 Å². The highest BCUT2D eigenvalue weighted by Crippen LogP contribution is 2.18. The van der Waals surface area contributed by atoms with Crippen molar-refractivity contribution in [1.29, 1.82) is 0 Å². The smallest absolute Gasteiger partial charge is 0.354 e. The molecular weight excluding hydrogens is 370 g/mol. The van der Waals surface area contributed by atoms with Crippen molar-refractivity contribution in [3.05, 3.63) is 59.3 Å². The highest BCUT2D eigenvalue weighted by molar-refractivity contribution is 7.88. The van der Waals surface area contributed by atoms with Gasteiger partial charge in [-0.05, 0) is 23.3 Å². The molecule has 0 bridgehead atoms. The lowest BCUT2D eigenvalue weighted by molar-refractivity contribution is 0.0690. The lowest BCUT2D eigenvalue weighted by Gasteiger charge is -2.26. The van der Waals surface area contributed by atoms with Gasteiger partial charge in [0, 0.05) is 19.6 Å². The minimum absolute atomic E-state index is 0.0526. The van der Waals surface area contributed by atoms with Crippen molar-refractivity contribution in [3.63, 3.8) is 0 Å². The minimum Gasteiger partial charge on any atom is -0.477 e. The van der Waals surface area contributed by atoms with E-state index in [4.69, 9.17) is 9.84 Å². The Morgan fingerprint density at radius 2 is 1.81 bits per heavy atom. The van der Waals surface area contributed by atoms with Crippen LogP contribution >= 0.6 is 0 Å². The standard InChI is InChI=1S/C18H21N3O5S/c22-18(23)16-6-3-7-17(20-16)19-12-14-4-1-2-5-15(14)13-27(24,25)21-8-10-26-11-9-21/h1-7H,8-13H2,(H,19,20)(H,22,23). The lowest BCUT2D eigenvalue weighted by atomic mass is 10.1. The third-order valence-corrected chi connectivity index (χ3v) is 6.08. The maximum Gasteiger partial charge on any atom is 0.354 e. The molecule has 2 aromatic rings. The average Bonchev–Trinajstić information content (AvgIpc) is 2.68. The largest absolute Gasteiger partial charge is 0.477 e. The van der Waals surface area contributed by atoms with E-state index < -0.39 is 16.0 Å². The molecule has 1 aliphatic rings. The molecule has 0 unspecified atom stereocenters. The zero-order valence-electron chi connectivity index (χ0n) is 14.7. The van der Waals surface area contributed by atoms with Gasteiger partial charge in [-0.25, -0.2) is 18.2 Å². The number of morpholine rings is 1. The number of carbonyl (C=O) groups is 1. The number of aromatic carboxylic acids is 1. The van der Waals surface area contributed by atoms with Crippen molar-refractivity contribution < 1.29 is 23.1 Å². The molecule has 0 radical (unpaired) electrons. The second-order valence-corrected chi connectivity index (χ2v) is 8.07. The lowest BCUT2D eigenvalue weighted by Crippen LogP contribution is -2.41. The summed E-state index contributed by atoms with van der Waals surface area (Å²) in [5.41, 5.74) is 1.46. The Hall–Kier alpha value is -2.49. The Morgan fingerprint density at radius 1 is 1.11 bits per heavy atom. The van der Waals surface area contributed by atoms with Gasteiger partial charge in [0.1, 0.15) is 5.82 Å². The number of hydrogen-bond donors (Lipinski definition) is 2. The van der Waals surface area contributed by atoms with Crippen molar-refractivity contribution >= 4 is 21.8 Å². The summed E-state index contributed by atoms with van der Waals surface area (Å²) in [6, 6.07) is 12.0. The van der Waals surface area contributed by atoms with Gasteiger partial charge in [-0.2, -0.15) is 4.31 Å². The van der Waals surface area contributed by atoms with Gasteiger partial charge < -0.3 is 15.2 Å². The number of benzene rings is 1. The molecule has 1 fully saturated rings. The van der Waals surface area contributed by atoms with Crippen LogP contribution in [0.1, 0.15) is 21.6 Å². The Kier molecular flexibility index (Phi) is 6.04. The van der Waals surface area contributed by atoms with Gasteiger partial charge in [0.05, 0.1) is 19.0 Å². The molecule has 1 aromatic heterocycles. The van der Waals surface area contributed by atoms with Gasteiger partial charge in [0.25, 0.3) is 0 Å². The number of rotatable bonds is 7. The van der Waals surface area contributed by atoms with E-state index in [0.717, 1.165) is 5.56 Å². The van der Waals surface area contributed by atoms with Crippen molar-refractivity contribution in [2.45, 2.75) is 12.3 Å². The molecule has 0 amide bonds. The number of nitrogens with zero attached hydrogens (tertiary/aromatic N) is 2. The van der Waals surface area contributed by atoms with E-state index in [1.54, 1.807) is 24.3 Å². The van der Waals surface area contributed by atoms with E-state index in [9.17, 15) is 13.2 Å². The first-order chi connectivity index (χ1) is 13.0. The molecule has 8 nitrogen and oxygen atoms in total. The number of ether oxygens (including phenoxy) is 1. The van der Waals surface area contributed by atoms with Crippen molar-refractivity contribution in [2.24, 2.45) is 0 Å². The van der Waals surface area contributed by atoms with Gasteiger partial charge >= 0.3 is 5.97 Å². The normalized spacial score (nSPS) is 15.4. The van der Waals surface area contributed by atoms with E-state index in [1.165, 1.54) is 10.4 Å². The van der Waals surface area contributed by atoms with E-state index in [2.05, 4.69) is 10.3 Å². The van der Waals surface area contributed by atoms with E-state index in [-0.39, 0.29) is 11.4 Å². The topological polar surface area (TPSA) is 109 Å².